The first-order valence-corrected chi connectivity index (χ1v) is 0.977. The van der Waals surface area contributed by atoms with Gasteiger partial charge in [0.1, 0.15) is 0 Å². The summed E-state index contributed by atoms with van der Waals surface area (Å²) in [7, 11) is 1.50. The van der Waals surface area contributed by atoms with E-state index in [0.29, 0.717) is 0 Å². The van der Waals surface area contributed by atoms with Crippen molar-refractivity contribution in [1.29, 1.82) is 0 Å². The van der Waals surface area contributed by atoms with Gasteiger partial charge in [0.2, 0.25) is 0 Å². The van der Waals surface area contributed by atoms with Crippen LogP contribution in [0.25, 0.3) is 0 Å². The first kappa shape index (κ1) is 8.93. The van der Waals surface area contributed by atoms with Crippen LogP contribution in [-0.4, -0.2) is 7.11 Å². The SMILES string of the molecule is [CH-]=COC.[Li+]. The van der Waals surface area contributed by atoms with E-state index in [1.807, 2.05) is 0 Å². The van der Waals surface area contributed by atoms with Gasteiger partial charge in [-0.25, -0.2) is 0 Å². The summed E-state index contributed by atoms with van der Waals surface area (Å²) in [6.07, 6.45) is 1.12. The molecule has 0 aliphatic heterocycles. The molecule has 0 amide bonds. The maximum atomic E-state index is 4.68. The van der Waals surface area contributed by atoms with Gasteiger partial charge in [-0.05, 0) is 0 Å². The van der Waals surface area contributed by atoms with Gasteiger partial charge in [0.15, 0.2) is 0 Å². The molecule has 0 radical (unpaired) electrons. The first-order chi connectivity index (χ1) is 1.91. The predicted molar refractivity (Wildman–Crippen MR) is 15.9 cm³/mol. The molecule has 2 heteroatoms. The summed E-state index contributed by atoms with van der Waals surface area (Å²) in [5, 5.41) is 0. The molecule has 0 aromatic heterocycles. The molecule has 0 rings (SSSR count). The summed E-state index contributed by atoms with van der Waals surface area (Å²) >= 11 is 0. The van der Waals surface area contributed by atoms with Gasteiger partial charge in [-0.2, -0.15) is 0 Å². The molecule has 0 saturated carbocycles. The molecule has 0 aromatic carbocycles. The largest absolute Gasteiger partial charge is 1.00 e. The Labute approximate surface area is 44.2 Å². The Kier molecular flexibility index (Phi) is 15.9. The van der Waals surface area contributed by atoms with Crippen LogP contribution in [0.4, 0.5) is 0 Å². The Balaban J connectivity index is 0. The standard InChI is InChI=1S/C3H5O.Li/c1-3-4-2;/h1,3H,2H3;/q-1;+1. The van der Waals surface area contributed by atoms with E-state index in [2.05, 4.69) is 11.3 Å². The molecule has 24 valence electrons. The zero-order valence-corrected chi connectivity index (χ0v) is 3.56. The minimum absolute atomic E-state index is 0. The normalized spacial score (nSPS) is 4.20. The van der Waals surface area contributed by atoms with Crippen LogP contribution in [0.1, 0.15) is 0 Å². The second-order valence-corrected chi connectivity index (χ2v) is 0.372. The van der Waals surface area contributed by atoms with Crippen LogP contribution in [0.5, 0.6) is 0 Å². The molecule has 0 aliphatic rings. The molecule has 0 atom stereocenters. The van der Waals surface area contributed by atoms with Gasteiger partial charge in [-0.3, -0.25) is 0 Å². The monoisotopic (exact) mass is 64.1 g/mol. The summed E-state index contributed by atoms with van der Waals surface area (Å²) < 4.78 is 4.19. The first-order valence-electron chi connectivity index (χ1n) is 0.977. The predicted octanol–water partition coefficient (Wildman–Crippen LogP) is -2.42. The Morgan fingerprint density at radius 3 is 2.00 bits per heavy atom. The molecular formula is C3H5LiO. The Bertz CT molecular complexity index is 20.9. The van der Waals surface area contributed by atoms with Gasteiger partial charge >= 0.3 is 18.9 Å². The number of hydrogen-bond donors (Lipinski definition) is 0. The van der Waals surface area contributed by atoms with Crippen LogP contribution in [0, 0.1) is 6.58 Å². The van der Waals surface area contributed by atoms with Crippen LogP contribution >= 0.6 is 0 Å². The van der Waals surface area contributed by atoms with E-state index in [4.69, 9.17) is 0 Å². The van der Waals surface area contributed by atoms with Crippen molar-refractivity contribution in [2.45, 2.75) is 0 Å². The fourth-order valence-corrected chi connectivity index (χ4v) is 0. The number of methoxy groups -OCH3 is 1. The smallest absolute Gasteiger partial charge is 0.541 e. The van der Waals surface area contributed by atoms with Gasteiger partial charge in [0, 0.05) is 0 Å². The van der Waals surface area contributed by atoms with Crippen LogP contribution in [0.3, 0.4) is 0 Å². The molecule has 0 N–H and O–H groups in total. The van der Waals surface area contributed by atoms with Crippen LogP contribution in [0.15, 0.2) is 6.26 Å². The van der Waals surface area contributed by atoms with Gasteiger partial charge < -0.3 is 11.3 Å². The van der Waals surface area contributed by atoms with Crippen molar-refractivity contribution in [2.24, 2.45) is 0 Å². The second-order valence-electron chi connectivity index (χ2n) is 0.372. The van der Waals surface area contributed by atoms with Crippen molar-refractivity contribution in [1.82, 2.24) is 0 Å². The third-order valence-corrected chi connectivity index (χ3v) is 0.136. The zero-order chi connectivity index (χ0) is 3.41. The zero-order valence-electron chi connectivity index (χ0n) is 3.56. The molecule has 0 bridgehead atoms. The third-order valence-electron chi connectivity index (χ3n) is 0.136. The Morgan fingerprint density at radius 1 is 1.80 bits per heavy atom. The van der Waals surface area contributed by atoms with Gasteiger partial charge in [-0.1, -0.05) is 0 Å². The maximum Gasteiger partial charge on any atom is 1.00 e. The van der Waals surface area contributed by atoms with Gasteiger partial charge in [0.05, 0.1) is 7.11 Å². The van der Waals surface area contributed by atoms with Crippen molar-refractivity contribution in [3.8, 4) is 0 Å². The number of hydrogen-bond acceptors (Lipinski definition) is 1. The van der Waals surface area contributed by atoms with E-state index in [1.165, 1.54) is 7.11 Å². The summed E-state index contributed by atoms with van der Waals surface area (Å²) in [5.41, 5.74) is 0. The third kappa shape index (κ3) is 14.6. The summed E-state index contributed by atoms with van der Waals surface area (Å²) in [5.74, 6) is 0. The van der Waals surface area contributed by atoms with E-state index >= 15 is 0 Å². The Morgan fingerprint density at radius 2 is 2.00 bits per heavy atom. The van der Waals surface area contributed by atoms with Crippen molar-refractivity contribution in [3.05, 3.63) is 12.8 Å². The average Bonchev–Trinajstić information content (AvgIpc) is 1.37. The fourth-order valence-electron chi connectivity index (χ4n) is 0. The van der Waals surface area contributed by atoms with Gasteiger partial charge in [-0.15, -0.1) is 6.26 Å². The van der Waals surface area contributed by atoms with E-state index in [9.17, 15) is 0 Å². The molecule has 1 nitrogen and oxygen atoms in total. The van der Waals surface area contributed by atoms with Gasteiger partial charge in [0.25, 0.3) is 0 Å². The summed E-state index contributed by atoms with van der Waals surface area (Å²) in [6.45, 7) is 4.68. The molecular weight excluding hydrogens is 59.0 g/mol. The quantitative estimate of drug-likeness (QED) is 0.187. The van der Waals surface area contributed by atoms with Crippen LogP contribution in [-0.2, 0) is 4.74 Å². The molecule has 0 unspecified atom stereocenters. The topological polar surface area (TPSA) is 9.23 Å². The van der Waals surface area contributed by atoms with Crippen molar-refractivity contribution < 1.29 is 23.6 Å². The molecule has 5 heavy (non-hydrogen) atoms. The molecule has 0 aliphatic carbocycles. The molecule has 0 fully saturated rings. The molecule has 0 heterocycles. The van der Waals surface area contributed by atoms with Crippen LogP contribution in [0.2, 0.25) is 0 Å². The van der Waals surface area contributed by atoms with Crippen LogP contribution < -0.4 is 18.9 Å². The van der Waals surface area contributed by atoms with E-state index in [-0.39, 0.29) is 18.9 Å². The molecule has 0 aromatic rings. The number of rotatable bonds is 1. The summed E-state index contributed by atoms with van der Waals surface area (Å²) in [6, 6.07) is 0. The fraction of sp³-hybridized carbons (Fsp3) is 0.333. The average molecular weight is 64.0 g/mol. The van der Waals surface area contributed by atoms with E-state index < -0.39 is 0 Å². The van der Waals surface area contributed by atoms with Crippen molar-refractivity contribution >= 4 is 0 Å². The minimum atomic E-state index is 0. The second kappa shape index (κ2) is 8.91. The number of ether oxygens (including phenoxy) is 1. The van der Waals surface area contributed by atoms with E-state index in [0.717, 1.165) is 6.26 Å². The van der Waals surface area contributed by atoms with E-state index in [1.54, 1.807) is 0 Å². The van der Waals surface area contributed by atoms with Crippen molar-refractivity contribution in [2.75, 3.05) is 7.11 Å². The molecule has 0 spiro atoms. The van der Waals surface area contributed by atoms with Crippen molar-refractivity contribution in [3.63, 3.8) is 0 Å². The minimum Gasteiger partial charge on any atom is -0.541 e. The maximum absolute atomic E-state index is 4.68. The summed E-state index contributed by atoms with van der Waals surface area (Å²) in [4.78, 5) is 0. The Hall–Kier alpha value is 0.137. The molecule has 0 saturated heterocycles.